The first-order valence-electron chi connectivity index (χ1n) is 7.76. The Kier molecular flexibility index (Phi) is 5.44. The number of aliphatic carboxylic acids is 1. The van der Waals surface area contributed by atoms with Crippen molar-refractivity contribution in [3.63, 3.8) is 0 Å². The van der Waals surface area contributed by atoms with Crippen LogP contribution in [-0.4, -0.2) is 33.1 Å². The van der Waals surface area contributed by atoms with Gasteiger partial charge in [-0.1, -0.05) is 0 Å². The van der Waals surface area contributed by atoms with Gasteiger partial charge in [0.2, 0.25) is 0 Å². The van der Waals surface area contributed by atoms with E-state index in [2.05, 4.69) is 26.0 Å². The van der Waals surface area contributed by atoms with Crippen molar-refractivity contribution in [1.82, 2.24) is 0 Å². The molecule has 0 saturated heterocycles. The third kappa shape index (κ3) is 3.97. The van der Waals surface area contributed by atoms with Crippen molar-refractivity contribution in [2.24, 2.45) is 5.92 Å². The molecule has 0 aliphatic carbocycles. The zero-order valence-corrected chi connectivity index (χ0v) is 17.0. The molecular formula is C16H17BrN2O5S2. The molecule has 10 heteroatoms. The van der Waals surface area contributed by atoms with Crippen LogP contribution in [0.25, 0.3) is 0 Å². The number of carbonyl (C=O) groups is 1. The number of halogens is 1. The normalized spacial score (nSPS) is 16.9. The number of anilines is 2. The molecule has 0 radical (unpaired) electrons. The summed E-state index contributed by atoms with van der Waals surface area (Å²) in [5.74, 6) is -0.970. The first kappa shape index (κ1) is 19.0. The maximum Gasteiger partial charge on any atom is 0.308 e. The van der Waals surface area contributed by atoms with Gasteiger partial charge in [0.25, 0.3) is 10.0 Å². The Balaban J connectivity index is 1.93. The summed E-state index contributed by atoms with van der Waals surface area (Å²) in [7, 11) is -2.28. The number of ether oxygens (including phenoxy) is 1. The lowest BCUT2D eigenvalue weighted by atomic mass is 10.0. The summed E-state index contributed by atoms with van der Waals surface area (Å²) in [6.45, 7) is 0.319. The van der Waals surface area contributed by atoms with Crippen molar-refractivity contribution in [3.8, 4) is 5.75 Å². The molecule has 3 rings (SSSR count). The van der Waals surface area contributed by atoms with Gasteiger partial charge in [-0.2, -0.15) is 0 Å². The summed E-state index contributed by atoms with van der Waals surface area (Å²) >= 11 is 4.37. The van der Waals surface area contributed by atoms with E-state index in [0.717, 1.165) is 26.4 Å². The Hall–Kier alpha value is -1.78. The van der Waals surface area contributed by atoms with E-state index in [9.17, 15) is 18.3 Å². The molecule has 0 spiro atoms. The number of hydrogen-bond acceptors (Lipinski definition) is 6. The number of hydrogen-bond donors (Lipinski definition) is 3. The number of methoxy groups -OCH3 is 1. The van der Waals surface area contributed by atoms with Crippen molar-refractivity contribution < 1.29 is 23.1 Å². The van der Waals surface area contributed by atoms with E-state index in [0.29, 0.717) is 30.8 Å². The highest BCUT2D eigenvalue weighted by molar-refractivity contribution is 9.11. The molecule has 7 nitrogen and oxygen atoms in total. The fourth-order valence-electron chi connectivity index (χ4n) is 2.76. The van der Waals surface area contributed by atoms with Gasteiger partial charge in [0, 0.05) is 18.3 Å². The molecule has 1 unspecified atom stereocenters. The van der Waals surface area contributed by atoms with Crippen LogP contribution >= 0.6 is 27.3 Å². The Bertz CT molecular complexity index is 942. The molecule has 0 saturated carbocycles. The average molecular weight is 461 g/mol. The molecule has 1 aromatic heterocycles. The quantitative estimate of drug-likeness (QED) is 0.631. The van der Waals surface area contributed by atoms with Crippen molar-refractivity contribution in [2.75, 3.05) is 23.7 Å². The predicted molar refractivity (Wildman–Crippen MR) is 104 cm³/mol. The Labute approximate surface area is 163 Å². The van der Waals surface area contributed by atoms with E-state index in [-0.39, 0.29) is 4.21 Å². The van der Waals surface area contributed by atoms with Gasteiger partial charge < -0.3 is 15.2 Å². The minimum absolute atomic E-state index is 0.186. The molecule has 1 aromatic carbocycles. The molecule has 1 atom stereocenters. The van der Waals surface area contributed by atoms with E-state index >= 15 is 0 Å². The van der Waals surface area contributed by atoms with Crippen LogP contribution in [0, 0.1) is 5.92 Å². The number of carboxylic acids is 1. The Morgan fingerprint density at radius 3 is 2.81 bits per heavy atom. The molecule has 0 bridgehead atoms. The number of nitrogens with one attached hydrogen (secondary N) is 2. The van der Waals surface area contributed by atoms with E-state index < -0.39 is 21.9 Å². The first-order chi connectivity index (χ1) is 12.3. The third-order valence-electron chi connectivity index (χ3n) is 4.13. The molecule has 3 N–H and O–H groups in total. The smallest absolute Gasteiger partial charge is 0.308 e. The van der Waals surface area contributed by atoms with Crippen LogP contribution in [-0.2, 0) is 21.2 Å². The fourth-order valence-corrected chi connectivity index (χ4v) is 5.83. The number of benzene rings is 1. The predicted octanol–water partition coefficient (Wildman–Crippen LogP) is 3.38. The van der Waals surface area contributed by atoms with Crippen LogP contribution in [0.4, 0.5) is 11.4 Å². The monoisotopic (exact) mass is 460 g/mol. The highest BCUT2D eigenvalue weighted by Gasteiger charge is 2.24. The summed E-state index contributed by atoms with van der Waals surface area (Å²) in [6.07, 6.45) is 1.01. The van der Waals surface area contributed by atoms with Gasteiger partial charge in [-0.05, 0) is 52.5 Å². The molecule has 0 amide bonds. The second-order valence-electron chi connectivity index (χ2n) is 5.83. The minimum atomic E-state index is -3.74. The molecule has 1 aliphatic rings. The standard InChI is InChI=1S/C16H17BrN2O5S2/c1-24-13-7-11-9(2-3-10(8-18-11)16(20)21)6-12(13)19-26(22,23)15-5-4-14(17)25-15/h4-7,10,18-19H,2-3,8H2,1H3,(H,20,21). The average Bonchev–Trinajstić information content (AvgIpc) is 2.92. The van der Waals surface area contributed by atoms with Crippen molar-refractivity contribution >= 4 is 54.6 Å². The molecule has 140 valence electrons. The van der Waals surface area contributed by atoms with Gasteiger partial charge in [0.1, 0.15) is 9.96 Å². The van der Waals surface area contributed by atoms with Gasteiger partial charge >= 0.3 is 5.97 Å². The maximum atomic E-state index is 12.6. The molecule has 2 heterocycles. The number of rotatable bonds is 5. The number of sulfonamides is 1. The van der Waals surface area contributed by atoms with Crippen LogP contribution in [0.5, 0.6) is 5.75 Å². The molecule has 26 heavy (non-hydrogen) atoms. The summed E-state index contributed by atoms with van der Waals surface area (Å²) in [4.78, 5) is 11.2. The zero-order chi connectivity index (χ0) is 18.9. The highest BCUT2D eigenvalue weighted by atomic mass is 79.9. The van der Waals surface area contributed by atoms with Gasteiger partial charge in [-0.15, -0.1) is 11.3 Å². The lowest BCUT2D eigenvalue weighted by molar-refractivity contribution is -0.141. The summed E-state index contributed by atoms with van der Waals surface area (Å²) < 4.78 is 34.0. The third-order valence-corrected chi connectivity index (χ3v) is 7.61. The van der Waals surface area contributed by atoms with Crippen molar-refractivity contribution in [2.45, 2.75) is 17.1 Å². The van der Waals surface area contributed by atoms with Crippen LogP contribution in [0.1, 0.15) is 12.0 Å². The van der Waals surface area contributed by atoms with Crippen molar-refractivity contribution in [3.05, 3.63) is 33.6 Å². The van der Waals surface area contributed by atoms with Gasteiger partial charge in [0.15, 0.2) is 0 Å². The maximum absolute atomic E-state index is 12.6. The number of thiophene rings is 1. The highest BCUT2D eigenvalue weighted by Crippen LogP contribution is 2.36. The van der Waals surface area contributed by atoms with E-state index in [1.165, 1.54) is 13.2 Å². The molecule has 0 fully saturated rings. The second-order valence-corrected chi connectivity index (χ2v) is 10.2. The Morgan fingerprint density at radius 2 is 2.19 bits per heavy atom. The van der Waals surface area contributed by atoms with E-state index in [1.54, 1.807) is 18.2 Å². The largest absolute Gasteiger partial charge is 0.494 e. The first-order valence-corrected chi connectivity index (χ1v) is 10.8. The summed E-state index contributed by atoms with van der Waals surface area (Å²) in [5.41, 5.74) is 1.93. The van der Waals surface area contributed by atoms with Gasteiger partial charge in [-0.25, -0.2) is 8.42 Å². The number of fused-ring (bicyclic) bond motifs is 1. The zero-order valence-electron chi connectivity index (χ0n) is 13.8. The molecule has 2 aromatic rings. The Morgan fingerprint density at radius 1 is 1.42 bits per heavy atom. The van der Waals surface area contributed by atoms with E-state index in [1.807, 2.05) is 0 Å². The second kappa shape index (κ2) is 7.45. The van der Waals surface area contributed by atoms with Crippen LogP contribution in [0.3, 0.4) is 0 Å². The molecule has 1 aliphatic heterocycles. The fraction of sp³-hybridized carbons (Fsp3) is 0.312. The van der Waals surface area contributed by atoms with Crippen LogP contribution in [0.15, 0.2) is 32.3 Å². The van der Waals surface area contributed by atoms with Crippen LogP contribution < -0.4 is 14.8 Å². The topological polar surface area (TPSA) is 105 Å². The van der Waals surface area contributed by atoms with Gasteiger partial charge in [-0.3, -0.25) is 9.52 Å². The minimum Gasteiger partial charge on any atom is -0.494 e. The number of aryl methyl sites for hydroxylation is 1. The van der Waals surface area contributed by atoms with Gasteiger partial charge in [0.05, 0.1) is 22.5 Å². The number of carboxylic acid groups (broad SMARTS) is 1. The molecular weight excluding hydrogens is 444 g/mol. The van der Waals surface area contributed by atoms with Crippen molar-refractivity contribution in [1.29, 1.82) is 0 Å². The SMILES string of the molecule is COc1cc2c(cc1NS(=O)(=O)c1ccc(Br)s1)CCC(C(=O)O)CN2. The summed E-state index contributed by atoms with van der Waals surface area (Å²) in [5, 5.41) is 12.3. The van der Waals surface area contributed by atoms with Crippen LogP contribution in [0.2, 0.25) is 0 Å². The lowest BCUT2D eigenvalue weighted by Crippen LogP contribution is -2.21. The lowest BCUT2D eigenvalue weighted by Gasteiger charge is -2.16. The summed E-state index contributed by atoms with van der Waals surface area (Å²) in [6, 6.07) is 6.59. The van der Waals surface area contributed by atoms with E-state index in [4.69, 9.17) is 4.74 Å².